The van der Waals surface area contributed by atoms with Gasteiger partial charge in [0.15, 0.2) is 11.4 Å². The lowest BCUT2D eigenvalue weighted by Crippen LogP contribution is -2.41. The lowest BCUT2D eigenvalue weighted by Gasteiger charge is -2.38. The minimum atomic E-state index is -1.10. The number of aliphatic imine (C=N–C) groups is 1. The van der Waals surface area contributed by atoms with Gasteiger partial charge in [-0.15, -0.1) is 0 Å². The zero-order chi connectivity index (χ0) is 28.2. The minimum Gasteiger partial charge on any atom is -0.489 e. The monoisotopic (exact) mass is 589 g/mol. The van der Waals surface area contributed by atoms with Crippen molar-refractivity contribution in [3.63, 3.8) is 0 Å². The number of nitrogens with two attached hydrogens (primary N) is 2. The van der Waals surface area contributed by atoms with Gasteiger partial charge in [0.05, 0.1) is 17.7 Å². The van der Waals surface area contributed by atoms with Gasteiger partial charge in [-0.05, 0) is 52.4 Å². The van der Waals surface area contributed by atoms with Crippen molar-refractivity contribution < 1.29 is 24.1 Å². The van der Waals surface area contributed by atoms with E-state index in [4.69, 9.17) is 25.4 Å². The third-order valence-electron chi connectivity index (χ3n) is 9.14. The van der Waals surface area contributed by atoms with Crippen LogP contribution in [0.5, 0.6) is 11.5 Å². The molecule has 9 nitrogen and oxygen atoms in total. The first-order valence-corrected chi connectivity index (χ1v) is 16.8. The lowest BCUT2D eigenvalue weighted by atomic mass is 9.73. The van der Waals surface area contributed by atoms with Crippen LogP contribution in [0.3, 0.4) is 0 Å². The Bertz CT molecular complexity index is 1370. The fourth-order valence-electron chi connectivity index (χ4n) is 6.97. The van der Waals surface area contributed by atoms with Crippen LogP contribution in [0.2, 0.25) is 0 Å². The molecular weight excluding hydrogens is 550 g/mol. The highest BCUT2D eigenvalue weighted by molar-refractivity contribution is 8.76. The molecule has 6 rings (SSSR count). The first-order chi connectivity index (χ1) is 19.1. The second kappa shape index (κ2) is 10.6. The summed E-state index contributed by atoms with van der Waals surface area (Å²) in [6.07, 6.45) is 6.25. The maximum Gasteiger partial charge on any atom is 0.196 e. The van der Waals surface area contributed by atoms with Crippen molar-refractivity contribution in [1.29, 1.82) is 0 Å². The Hall–Kier alpha value is -2.08. The predicted octanol–water partition coefficient (Wildman–Crippen LogP) is 4.32. The summed E-state index contributed by atoms with van der Waals surface area (Å²) in [5.41, 5.74) is 11.7. The van der Waals surface area contributed by atoms with Crippen LogP contribution >= 0.6 is 21.6 Å². The van der Waals surface area contributed by atoms with E-state index in [0.29, 0.717) is 40.4 Å². The van der Waals surface area contributed by atoms with Crippen LogP contribution in [-0.4, -0.2) is 45.8 Å². The van der Waals surface area contributed by atoms with Gasteiger partial charge in [0, 0.05) is 40.5 Å². The molecule has 2 saturated carbocycles. The average molecular weight is 590 g/mol. The Morgan fingerprint density at radius 2 is 1.88 bits per heavy atom. The lowest BCUT2D eigenvalue weighted by molar-refractivity contribution is -0.0232. The van der Waals surface area contributed by atoms with E-state index in [1.165, 1.54) is 6.07 Å². The molecule has 1 spiro atoms. The highest BCUT2D eigenvalue weighted by atomic mass is 33.1. The summed E-state index contributed by atoms with van der Waals surface area (Å²) in [7, 11) is 3.26. The summed E-state index contributed by atoms with van der Waals surface area (Å²) in [5.74, 6) is 2.42. The highest BCUT2D eigenvalue weighted by Gasteiger charge is 2.49. The Kier molecular flexibility index (Phi) is 7.46. The quantitative estimate of drug-likeness (QED) is 0.230. The first kappa shape index (κ1) is 28.1. The van der Waals surface area contributed by atoms with Crippen molar-refractivity contribution >= 4 is 38.5 Å². The molecule has 40 heavy (non-hydrogen) atoms. The van der Waals surface area contributed by atoms with Gasteiger partial charge in [-0.3, -0.25) is 4.79 Å². The van der Waals surface area contributed by atoms with Gasteiger partial charge in [0.1, 0.15) is 40.4 Å². The molecule has 4 aliphatic rings. The van der Waals surface area contributed by atoms with E-state index in [1.807, 2.05) is 0 Å². The zero-order valence-corrected chi connectivity index (χ0v) is 24.7. The van der Waals surface area contributed by atoms with E-state index in [-0.39, 0.29) is 29.3 Å². The third-order valence-corrected chi connectivity index (χ3v) is 11.4. The van der Waals surface area contributed by atoms with Crippen molar-refractivity contribution in [3.8, 4) is 11.5 Å². The smallest absolute Gasteiger partial charge is 0.196 e. The number of hydrogen-bond acceptors (Lipinski definition) is 9. The first-order valence-electron chi connectivity index (χ1n) is 14.3. The number of aliphatic hydroxyl groups excluding tert-OH is 1. The number of benzene rings is 1. The van der Waals surface area contributed by atoms with Crippen LogP contribution in [0.4, 0.5) is 0 Å². The van der Waals surface area contributed by atoms with E-state index < -0.39 is 23.2 Å². The molecule has 0 saturated heterocycles. The molecule has 11 heteroatoms. The molecule has 2 fully saturated rings. The zero-order valence-electron chi connectivity index (χ0n) is 23.1. The molecule has 0 amide bonds. The molecule has 1 aromatic heterocycles. The van der Waals surface area contributed by atoms with Crippen molar-refractivity contribution in [2.45, 2.75) is 107 Å². The minimum absolute atomic E-state index is 0.0121. The van der Waals surface area contributed by atoms with Gasteiger partial charge in [0.2, 0.25) is 0 Å². The van der Waals surface area contributed by atoms with E-state index in [9.17, 15) is 15.0 Å². The number of fused-ring (bicyclic) bond motifs is 3. The highest BCUT2D eigenvalue weighted by Crippen LogP contribution is 2.55. The van der Waals surface area contributed by atoms with Crippen LogP contribution in [0.1, 0.15) is 88.2 Å². The molecule has 2 aliphatic carbocycles. The summed E-state index contributed by atoms with van der Waals surface area (Å²) < 4.78 is 19.6. The molecule has 218 valence electrons. The predicted molar refractivity (Wildman–Crippen MR) is 159 cm³/mol. The van der Waals surface area contributed by atoms with E-state index in [0.717, 1.165) is 62.5 Å². The third kappa shape index (κ3) is 4.86. The molecule has 1 aromatic carbocycles. The summed E-state index contributed by atoms with van der Waals surface area (Å²) >= 11 is 0. The van der Waals surface area contributed by atoms with E-state index in [2.05, 4.69) is 4.99 Å². The Morgan fingerprint density at radius 3 is 2.55 bits per heavy atom. The number of rotatable bonds is 4. The number of ether oxygens (including phenoxy) is 2. The van der Waals surface area contributed by atoms with Crippen molar-refractivity contribution in [2.24, 2.45) is 21.9 Å². The van der Waals surface area contributed by atoms with Crippen molar-refractivity contribution in [2.75, 3.05) is 5.75 Å². The number of nitrogens with zero attached hydrogens (tertiary/aromatic N) is 1. The fraction of sp³-hybridized carbons (Fsp3) is 0.655. The molecule has 2 bridgehead atoms. The van der Waals surface area contributed by atoms with Crippen LogP contribution in [0.15, 0.2) is 20.3 Å². The van der Waals surface area contributed by atoms with Gasteiger partial charge < -0.3 is 35.6 Å². The molecule has 3 heterocycles. The van der Waals surface area contributed by atoms with Crippen molar-refractivity contribution in [1.82, 2.24) is 0 Å². The van der Waals surface area contributed by atoms with Gasteiger partial charge in [0.25, 0.3) is 0 Å². The molecule has 3 atom stereocenters. The maximum absolute atomic E-state index is 14.0. The molecule has 0 unspecified atom stereocenters. The Labute approximate surface area is 241 Å². The molecule has 6 N–H and O–H groups in total. The fourth-order valence-corrected chi connectivity index (χ4v) is 9.34. The van der Waals surface area contributed by atoms with Crippen LogP contribution in [0.25, 0.3) is 11.0 Å². The summed E-state index contributed by atoms with van der Waals surface area (Å²) in [6, 6.07) is 1.09. The maximum atomic E-state index is 14.0. The van der Waals surface area contributed by atoms with Crippen molar-refractivity contribution in [3.05, 3.63) is 33.2 Å². The largest absolute Gasteiger partial charge is 0.489 e. The second-order valence-corrected chi connectivity index (χ2v) is 14.8. The second-order valence-electron chi connectivity index (χ2n) is 12.3. The van der Waals surface area contributed by atoms with Gasteiger partial charge >= 0.3 is 0 Å². The SMILES string of the molecule is CC(C)(O)[C@@H]1Cc2c(c3c4oc(cc(=O)c4c2OC2CCCC2)[C@@H](O)C2(CCCC2)[C@H](N=C(N)N)CSSC3)O1. The number of aliphatic hydroxyl groups is 2. The Morgan fingerprint density at radius 1 is 1.15 bits per heavy atom. The average Bonchev–Trinajstić information content (AvgIpc) is 3.66. The van der Waals surface area contributed by atoms with Crippen LogP contribution < -0.4 is 26.4 Å². The standard InChI is InChI=1S/C29H39N3O6S2/c1-28(2,35)21-11-16-23(38-21)17-13-39-40-14-20(32-27(30)31)29(9-5-6-10-29)26(34)19-12-18(33)22(25(17)37-19)24(16)36-15-7-3-4-8-15/h12,15,20-21,26,34-35H,3-11,13-14H2,1-2H3,(H4,30,31,32)/t20-,21+,26-/m1/s1. The van der Waals surface area contributed by atoms with Gasteiger partial charge in [-0.1, -0.05) is 34.4 Å². The number of guanidine groups is 1. The Balaban J connectivity index is 1.57. The summed E-state index contributed by atoms with van der Waals surface area (Å²) in [6.45, 7) is 3.46. The molecule has 2 aromatic rings. The molecule has 0 radical (unpaired) electrons. The van der Waals surface area contributed by atoms with E-state index in [1.54, 1.807) is 35.4 Å². The molecule has 2 aliphatic heterocycles. The van der Waals surface area contributed by atoms with Crippen LogP contribution in [0, 0.1) is 5.41 Å². The van der Waals surface area contributed by atoms with Gasteiger partial charge in [-0.2, -0.15) is 0 Å². The van der Waals surface area contributed by atoms with Crippen LogP contribution in [-0.2, 0) is 12.2 Å². The normalized spacial score (nSPS) is 26.6. The summed E-state index contributed by atoms with van der Waals surface area (Å²) in [4.78, 5) is 18.6. The van der Waals surface area contributed by atoms with E-state index >= 15 is 0 Å². The number of hydrogen-bond donors (Lipinski definition) is 4. The summed E-state index contributed by atoms with van der Waals surface area (Å²) in [5, 5.41) is 23.2. The molecular formula is C29H39N3O6S2. The topological polar surface area (TPSA) is 154 Å². The van der Waals surface area contributed by atoms with Gasteiger partial charge in [-0.25, -0.2) is 4.99 Å².